The van der Waals surface area contributed by atoms with Gasteiger partial charge in [0.1, 0.15) is 0 Å². The van der Waals surface area contributed by atoms with Crippen LogP contribution in [-0.4, -0.2) is 35.7 Å². The Labute approximate surface area is 177 Å². The van der Waals surface area contributed by atoms with Crippen molar-refractivity contribution >= 4 is 29.1 Å². The van der Waals surface area contributed by atoms with Crippen LogP contribution >= 0.6 is 0 Å². The maximum absolute atomic E-state index is 12.6. The number of hydrogen-bond donors (Lipinski definition) is 2. The summed E-state index contributed by atoms with van der Waals surface area (Å²) in [5.74, 6) is -0.642. The van der Waals surface area contributed by atoms with E-state index in [1.165, 1.54) is 0 Å². The van der Waals surface area contributed by atoms with Crippen LogP contribution in [0.1, 0.15) is 47.7 Å². The second-order valence-electron chi connectivity index (χ2n) is 7.88. The van der Waals surface area contributed by atoms with Crippen molar-refractivity contribution in [3.8, 4) is 0 Å². The number of hydrogen-bond acceptors (Lipinski definition) is 3. The third-order valence-corrected chi connectivity index (χ3v) is 5.50. The van der Waals surface area contributed by atoms with Gasteiger partial charge in [-0.05, 0) is 55.7 Å². The predicted octanol–water partition coefficient (Wildman–Crippen LogP) is 4.14. The second-order valence-corrected chi connectivity index (χ2v) is 7.88. The molecule has 0 spiro atoms. The van der Waals surface area contributed by atoms with E-state index in [-0.39, 0.29) is 30.1 Å². The van der Waals surface area contributed by atoms with Crippen molar-refractivity contribution in [1.29, 1.82) is 0 Å². The van der Waals surface area contributed by atoms with E-state index in [4.69, 9.17) is 0 Å². The molecular formula is C24H29N3O3. The van der Waals surface area contributed by atoms with Crippen LogP contribution in [-0.2, 0) is 9.59 Å². The molecule has 0 aliphatic carbocycles. The van der Waals surface area contributed by atoms with E-state index >= 15 is 0 Å². The van der Waals surface area contributed by atoms with Crippen LogP contribution in [0.2, 0.25) is 0 Å². The van der Waals surface area contributed by atoms with Gasteiger partial charge in [-0.25, -0.2) is 0 Å². The van der Waals surface area contributed by atoms with Gasteiger partial charge in [-0.1, -0.05) is 31.5 Å². The van der Waals surface area contributed by atoms with Crippen molar-refractivity contribution in [1.82, 2.24) is 4.90 Å². The Morgan fingerprint density at radius 1 is 1.03 bits per heavy atom. The molecular weight excluding hydrogens is 378 g/mol. The molecule has 0 aromatic heterocycles. The molecule has 0 saturated carbocycles. The maximum atomic E-state index is 12.6. The Hall–Kier alpha value is -3.15. The van der Waals surface area contributed by atoms with Crippen LogP contribution in [0.4, 0.5) is 11.4 Å². The molecule has 1 saturated heterocycles. The highest BCUT2D eigenvalue weighted by Gasteiger charge is 2.33. The number of nitrogens with one attached hydrogen (secondary N) is 2. The number of unbranched alkanes of at least 4 members (excludes halogenated alkanes) is 1. The van der Waals surface area contributed by atoms with E-state index in [2.05, 4.69) is 17.6 Å². The van der Waals surface area contributed by atoms with Crippen molar-refractivity contribution in [2.45, 2.75) is 40.0 Å². The Morgan fingerprint density at radius 3 is 2.33 bits per heavy atom. The van der Waals surface area contributed by atoms with Crippen molar-refractivity contribution < 1.29 is 14.4 Å². The Kier molecular flexibility index (Phi) is 6.87. The SMILES string of the molecule is CCCCN1C[C@@H](C(=O)Nc2ccc(C(=O)Nc3c(C)cccc3C)cc2)CC1=O. The smallest absolute Gasteiger partial charge is 0.255 e. The lowest BCUT2D eigenvalue weighted by Gasteiger charge is -2.16. The van der Waals surface area contributed by atoms with Crippen LogP contribution < -0.4 is 10.6 Å². The van der Waals surface area contributed by atoms with Crippen LogP contribution in [0.25, 0.3) is 0 Å². The molecule has 1 aliphatic rings. The van der Waals surface area contributed by atoms with E-state index in [0.717, 1.165) is 29.7 Å². The fourth-order valence-electron chi connectivity index (χ4n) is 3.66. The zero-order valence-electron chi connectivity index (χ0n) is 17.8. The first-order valence-electron chi connectivity index (χ1n) is 10.4. The van der Waals surface area contributed by atoms with Crippen molar-refractivity contribution in [3.05, 3.63) is 59.2 Å². The van der Waals surface area contributed by atoms with Gasteiger partial charge < -0.3 is 15.5 Å². The zero-order chi connectivity index (χ0) is 21.7. The molecule has 1 aliphatic heterocycles. The van der Waals surface area contributed by atoms with Crippen LogP contribution in [0.5, 0.6) is 0 Å². The van der Waals surface area contributed by atoms with E-state index in [1.807, 2.05) is 32.0 Å². The fraction of sp³-hybridized carbons (Fsp3) is 0.375. The first kappa shape index (κ1) is 21.6. The molecule has 0 bridgehead atoms. The number of carbonyl (C=O) groups excluding carboxylic acids is 3. The van der Waals surface area contributed by atoms with Crippen molar-refractivity contribution in [3.63, 3.8) is 0 Å². The summed E-state index contributed by atoms with van der Waals surface area (Å²) in [6.07, 6.45) is 2.22. The lowest BCUT2D eigenvalue weighted by Crippen LogP contribution is -2.29. The number of aryl methyl sites for hydroxylation is 2. The Balaban J connectivity index is 1.58. The fourth-order valence-corrected chi connectivity index (χ4v) is 3.66. The first-order chi connectivity index (χ1) is 14.4. The van der Waals surface area contributed by atoms with Gasteiger partial charge in [-0.3, -0.25) is 14.4 Å². The molecule has 30 heavy (non-hydrogen) atoms. The number of para-hydroxylation sites is 1. The molecule has 1 heterocycles. The number of rotatable bonds is 7. The van der Waals surface area contributed by atoms with E-state index in [1.54, 1.807) is 29.2 Å². The summed E-state index contributed by atoms with van der Waals surface area (Å²) in [5.41, 5.74) is 3.96. The highest BCUT2D eigenvalue weighted by Crippen LogP contribution is 2.22. The number of carbonyl (C=O) groups is 3. The Bertz CT molecular complexity index is 917. The molecule has 2 N–H and O–H groups in total. The van der Waals surface area contributed by atoms with Gasteiger partial charge in [0.25, 0.3) is 5.91 Å². The van der Waals surface area contributed by atoms with E-state index in [0.29, 0.717) is 24.3 Å². The number of likely N-dealkylation sites (tertiary alicyclic amines) is 1. The minimum absolute atomic E-state index is 0.0436. The van der Waals surface area contributed by atoms with Gasteiger partial charge >= 0.3 is 0 Å². The van der Waals surface area contributed by atoms with Crippen molar-refractivity contribution in [2.75, 3.05) is 23.7 Å². The minimum Gasteiger partial charge on any atom is -0.342 e. The molecule has 3 amide bonds. The second kappa shape index (κ2) is 9.57. The quantitative estimate of drug-likeness (QED) is 0.724. The molecule has 3 rings (SSSR count). The van der Waals surface area contributed by atoms with Crippen LogP contribution in [0, 0.1) is 19.8 Å². The lowest BCUT2D eigenvalue weighted by atomic mass is 10.1. The molecule has 2 aromatic rings. The summed E-state index contributed by atoms with van der Waals surface area (Å²) in [4.78, 5) is 39.0. The molecule has 1 atom stereocenters. The largest absolute Gasteiger partial charge is 0.342 e. The topological polar surface area (TPSA) is 78.5 Å². The average Bonchev–Trinajstić information content (AvgIpc) is 3.10. The van der Waals surface area contributed by atoms with Gasteiger partial charge in [0.15, 0.2) is 0 Å². The predicted molar refractivity (Wildman–Crippen MR) is 119 cm³/mol. The Morgan fingerprint density at radius 2 is 1.70 bits per heavy atom. The number of amides is 3. The monoisotopic (exact) mass is 407 g/mol. The molecule has 158 valence electrons. The standard InChI is InChI=1S/C24H29N3O3/c1-4-5-13-27-15-19(14-21(27)28)24(30)25-20-11-9-18(10-12-20)23(29)26-22-16(2)7-6-8-17(22)3/h6-12,19H,4-5,13-15H2,1-3H3,(H,25,30)(H,26,29)/t19-/m0/s1. The van der Waals surface area contributed by atoms with Gasteiger partial charge in [-0.2, -0.15) is 0 Å². The summed E-state index contributed by atoms with van der Waals surface area (Å²) < 4.78 is 0. The van der Waals surface area contributed by atoms with Gasteiger partial charge in [0.05, 0.1) is 5.92 Å². The zero-order valence-corrected chi connectivity index (χ0v) is 17.8. The molecule has 2 aromatic carbocycles. The molecule has 6 nitrogen and oxygen atoms in total. The third-order valence-electron chi connectivity index (χ3n) is 5.50. The molecule has 0 radical (unpaired) electrons. The molecule has 0 unspecified atom stereocenters. The highest BCUT2D eigenvalue weighted by atomic mass is 16.2. The average molecular weight is 408 g/mol. The number of benzene rings is 2. The third kappa shape index (κ3) is 5.06. The van der Waals surface area contributed by atoms with Gasteiger partial charge in [0, 0.05) is 36.4 Å². The minimum atomic E-state index is -0.332. The number of nitrogens with zero attached hydrogens (tertiary/aromatic N) is 1. The summed E-state index contributed by atoms with van der Waals surface area (Å²) in [6, 6.07) is 12.7. The summed E-state index contributed by atoms with van der Waals surface area (Å²) >= 11 is 0. The van der Waals surface area contributed by atoms with Crippen molar-refractivity contribution in [2.24, 2.45) is 5.92 Å². The molecule has 6 heteroatoms. The van der Waals surface area contributed by atoms with Crippen LogP contribution in [0.3, 0.4) is 0 Å². The summed E-state index contributed by atoms with van der Waals surface area (Å²) in [6.45, 7) is 7.18. The first-order valence-corrected chi connectivity index (χ1v) is 10.4. The van der Waals surface area contributed by atoms with Crippen LogP contribution in [0.15, 0.2) is 42.5 Å². The van der Waals surface area contributed by atoms with Gasteiger partial charge in [0.2, 0.25) is 11.8 Å². The molecule has 1 fully saturated rings. The van der Waals surface area contributed by atoms with E-state index in [9.17, 15) is 14.4 Å². The summed E-state index contributed by atoms with van der Waals surface area (Å²) in [7, 11) is 0. The normalized spacial score (nSPS) is 15.9. The number of anilines is 2. The summed E-state index contributed by atoms with van der Waals surface area (Å²) in [5, 5.41) is 5.82. The maximum Gasteiger partial charge on any atom is 0.255 e. The van der Waals surface area contributed by atoms with E-state index < -0.39 is 0 Å². The highest BCUT2D eigenvalue weighted by molar-refractivity contribution is 6.05. The lowest BCUT2D eigenvalue weighted by molar-refractivity contribution is -0.128. The van der Waals surface area contributed by atoms with Gasteiger partial charge in [-0.15, -0.1) is 0 Å².